The first-order valence-corrected chi connectivity index (χ1v) is 7.35. The van der Waals surface area contributed by atoms with Gasteiger partial charge in [-0.1, -0.05) is 23.7 Å². The van der Waals surface area contributed by atoms with E-state index in [9.17, 15) is 17.2 Å². The number of nitrogens with one attached hydrogen (secondary N) is 1. The molecule has 0 unspecified atom stereocenters. The fourth-order valence-corrected chi connectivity index (χ4v) is 4.12. The summed E-state index contributed by atoms with van der Waals surface area (Å²) in [5.41, 5.74) is -1.29. The average molecular weight is 308 g/mol. The standard InChI is InChI=1S/C12H12ClF2NO2S/c1-8-11(9-2-4-10(13)5-3-9)19(17,18)16-12(8,6-14)7-15/h2-5,16H,6-7H2,1H3. The zero-order valence-corrected chi connectivity index (χ0v) is 11.7. The fourth-order valence-electron chi connectivity index (χ4n) is 2.07. The van der Waals surface area contributed by atoms with Crippen LogP contribution < -0.4 is 4.72 Å². The van der Waals surface area contributed by atoms with E-state index >= 15 is 0 Å². The number of benzene rings is 1. The quantitative estimate of drug-likeness (QED) is 0.933. The lowest BCUT2D eigenvalue weighted by Gasteiger charge is -2.22. The van der Waals surface area contributed by atoms with E-state index in [-0.39, 0.29) is 10.5 Å². The molecule has 1 aliphatic heterocycles. The third-order valence-electron chi connectivity index (χ3n) is 3.22. The third-order valence-corrected chi connectivity index (χ3v) is 5.21. The Morgan fingerprint density at radius 3 is 2.16 bits per heavy atom. The SMILES string of the molecule is CC1=C(c2ccc(Cl)cc2)S(=O)(=O)NC1(CF)CF. The van der Waals surface area contributed by atoms with Gasteiger partial charge in [0.1, 0.15) is 18.9 Å². The first-order chi connectivity index (χ1) is 8.86. The zero-order valence-electron chi connectivity index (χ0n) is 10.1. The predicted octanol–water partition coefficient (Wildman–Crippen LogP) is 2.68. The Hall–Kier alpha value is -0.980. The van der Waals surface area contributed by atoms with Crippen molar-refractivity contribution in [2.75, 3.05) is 13.3 Å². The average Bonchev–Trinajstić information content (AvgIpc) is 2.58. The second kappa shape index (κ2) is 4.85. The molecule has 0 spiro atoms. The molecule has 0 aliphatic carbocycles. The first kappa shape index (κ1) is 14.4. The molecule has 0 saturated heterocycles. The Kier molecular flexibility index (Phi) is 3.68. The molecule has 0 radical (unpaired) electrons. The van der Waals surface area contributed by atoms with Crippen LogP contribution in [0.2, 0.25) is 5.02 Å². The Bertz CT molecular complexity index is 622. The highest BCUT2D eigenvalue weighted by Crippen LogP contribution is 2.38. The lowest BCUT2D eigenvalue weighted by Crippen LogP contribution is -2.48. The molecule has 1 aromatic carbocycles. The highest BCUT2D eigenvalue weighted by Gasteiger charge is 2.47. The number of alkyl halides is 2. The summed E-state index contributed by atoms with van der Waals surface area (Å²) >= 11 is 5.74. The molecule has 1 heterocycles. The lowest BCUT2D eigenvalue weighted by molar-refractivity contribution is 0.262. The van der Waals surface area contributed by atoms with E-state index in [0.29, 0.717) is 10.6 Å². The summed E-state index contributed by atoms with van der Waals surface area (Å²) in [5, 5.41) is 0.451. The second-order valence-corrected chi connectivity index (χ2v) is 6.47. The highest BCUT2D eigenvalue weighted by molar-refractivity contribution is 7.99. The van der Waals surface area contributed by atoms with E-state index in [0.717, 1.165) is 0 Å². The monoisotopic (exact) mass is 307 g/mol. The van der Waals surface area contributed by atoms with Crippen LogP contribution in [0, 0.1) is 0 Å². The Labute approximate surface area is 115 Å². The Morgan fingerprint density at radius 1 is 1.21 bits per heavy atom. The molecular formula is C12H12ClF2NO2S. The molecular weight excluding hydrogens is 296 g/mol. The highest BCUT2D eigenvalue weighted by atomic mass is 35.5. The maximum Gasteiger partial charge on any atom is 0.242 e. The van der Waals surface area contributed by atoms with Gasteiger partial charge in [0.2, 0.25) is 10.0 Å². The summed E-state index contributed by atoms with van der Waals surface area (Å²) in [6.45, 7) is -0.849. The number of rotatable bonds is 3. The van der Waals surface area contributed by atoms with Crippen molar-refractivity contribution in [1.29, 1.82) is 0 Å². The van der Waals surface area contributed by atoms with Crippen molar-refractivity contribution in [2.24, 2.45) is 0 Å². The van der Waals surface area contributed by atoms with Crippen molar-refractivity contribution in [3.05, 3.63) is 40.4 Å². The van der Waals surface area contributed by atoms with Crippen molar-refractivity contribution in [1.82, 2.24) is 4.72 Å². The van der Waals surface area contributed by atoms with Gasteiger partial charge in [-0.25, -0.2) is 17.2 Å². The van der Waals surface area contributed by atoms with Crippen LogP contribution in [0.4, 0.5) is 8.78 Å². The number of hydrogen-bond donors (Lipinski definition) is 1. The minimum absolute atomic E-state index is 0.0838. The molecule has 2 rings (SSSR count). The molecule has 0 bridgehead atoms. The van der Waals surface area contributed by atoms with Gasteiger partial charge in [0.25, 0.3) is 0 Å². The largest absolute Gasteiger partial charge is 0.249 e. The topological polar surface area (TPSA) is 46.2 Å². The normalized spacial score (nSPS) is 20.8. The van der Waals surface area contributed by atoms with Crippen molar-refractivity contribution in [3.63, 3.8) is 0 Å². The molecule has 3 nitrogen and oxygen atoms in total. The third kappa shape index (κ3) is 2.28. The van der Waals surface area contributed by atoms with Crippen LogP contribution >= 0.6 is 11.6 Å². The van der Waals surface area contributed by atoms with E-state index in [1.165, 1.54) is 31.2 Å². The van der Waals surface area contributed by atoms with E-state index in [4.69, 9.17) is 11.6 Å². The smallest absolute Gasteiger partial charge is 0.242 e. The number of hydrogen-bond acceptors (Lipinski definition) is 2. The second-order valence-electron chi connectivity index (χ2n) is 4.42. The number of halogens is 3. The van der Waals surface area contributed by atoms with E-state index in [2.05, 4.69) is 4.72 Å². The van der Waals surface area contributed by atoms with Crippen LogP contribution in [0.5, 0.6) is 0 Å². The summed E-state index contributed by atoms with van der Waals surface area (Å²) < 4.78 is 52.3. The Morgan fingerprint density at radius 2 is 1.74 bits per heavy atom. The maximum atomic E-state index is 13.1. The summed E-state index contributed by atoms with van der Waals surface area (Å²) in [6, 6.07) is 6.06. The zero-order chi connectivity index (χ0) is 14.3. The molecule has 0 aromatic heterocycles. The molecule has 0 saturated carbocycles. The molecule has 0 fully saturated rings. The van der Waals surface area contributed by atoms with Crippen LogP contribution in [0.1, 0.15) is 12.5 Å². The predicted molar refractivity (Wildman–Crippen MR) is 70.8 cm³/mol. The van der Waals surface area contributed by atoms with E-state index < -0.39 is 28.9 Å². The van der Waals surface area contributed by atoms with E-state index in [1.54, 1.807) is 0 Å². The Balaban J connectivity index is 2.64. The lowest BCUT2D eigenvalue weighted by atomic mass is 9.93. The van der Waals surface area contributed by atoms with Gasteiger partial charge in [0, 0.05) is 5.02 Å². The molecule has 0 atom stereocenters. The molecule has 19 heavy (non-hydrogen) atoms. The first-order valence-electron chi connectivity index (χ1n) is 5.49. The van der Waals surface area contributed by atoms with Crippen molar-refractivity contribution in [2.45, 2.75) is 12.5 Å². The van der Waals surface area contributed by atoms with Crippen LogP contribution in [0.25, 0.3) is 4.91 Å². The fraction of sp³-hybridized carbons (Fsp3) is 0.333. The molecule has 1 N–H and O–H groups in total. The van der Waals surface area contributed by atoms with Gasteiger partial charge in [-0.05, 0) is 30.2 Å². The molecule has 0 amide bonds. The summed E-state index contributed by atoms with van der Waals surface area (Å²) in [6.07, 6.45) is 0. The minimum atomic E-state index is -3.93. The summed E-state index contributed by atoms with van der Waals surface area (Å²) in [4.78, 5) is -0.0838. The van der Waals surface area contributed by atoms with Crippen LogP contribution in [0.15, 0.2) is 29.8 Å². The molecule has 7 heteroatoms. The van der Waals surface area contributed by atoms with Gasteiger partial charge < -0.3 is 0 Å². The minimum Gasteiger partial charge on any atom is -0.249 e. The maximum absolute atomic E-state index is 13.1. The summed E-state index contributed by atoms with van der Waals surface area (Å²) in [5.74, 6) is 0. The van der Waals surface area contributed by atoms with Crippen molar-refractivity contribution < 1.29 is 17.2 Å². The van der Waals surface area contributed by atoms with Crippen LogP contribution in [-0.2, 0) is 10.0 Å². The van der Waals surface area contributed by atoms with E-state index in [1.807, 2.05) is 0 Å². The molecule has 104 valence electrons. The summed E-state index contributed by atoms with van der Waals surface area (Å²) in [7, 11) is -3.93. The van der Waals surface area contributed by atoms with Crippen molar-refractivity contribution in [3.8, 4) is 0 Å². The van der Waals surface area contributed by atoms with Crippen molar-refractivity contribution >= 4 is 26.5 Å². The molecule has 1 aliphatic rings. The van der Waals surface area contributed by atoms with Gasteiger partial charge in [0.05, 0.1) is 4.91 Å². The number of sulfonamides is 1. The van der Waals surface area contributed by atoms with Gasteiger partial charge in [0.15, 0.2) is 0 Å². The van der Waals surface area contributed by atoms with Crippen LogP contribution in [-0.4, -0.2) is 27.3 Å². The van der Waals surface area contributed by atoms with Gasteiger partial charge in [-0.3, -0.25) is 0 Å². The van der Waals surface area contributed by atoms with Gasteiger partial charge in [-0.15, -0.1) is 0 Å². The van der Waals surface area contributed by atoms with Crippen LogP contribution in [0.3, 0.4) is 0 Å². The van der Waals surface area contributed by atoms with Gasteiger partial charge in [-0.2, -0.15) is 4.72 Å². The molecule has 1 aromatic rings. The van der Waals surface area contributed by atoms with Gasteiger partial charge >= 0.3 is 0 Å².